The van der Waals surface area contributed by atoms with Crippen LogP contribution in [0.1, 0.15) is 22.0 Å². The summed E-state index contributed by atoms with van der Waals surface area (Å²) in [4.78, 5) is 15.9. The second kappa shape index (κ2) is 3.90. The number of ether oxygens (including phenoxy) is 1. The molecule has 0 saturated carbocycles. The summed E-state index contributed by atoms with van der Waals surface area (Å²) in [5, 5.41) is 16.8. The Kier molecular flexibility index (Phi) is 2.81. The van der Waals surface area contributed by atoms with E-state index in [1.807, 2.05) is 4.98 Å². The summed E-state index contributed by atoms with van der Waals surface area (Å²) in [5.74, 6) is -2.67. The lowest BCUT2D eigenvalue weighted by molar-refractivity contribution is -0.292. The molecule has 1 heterocycles. The van der Waals surface area contributed by atoms with E-state index in [-0.39, 0.29) is 0 Å². The van der Waals surface area contributed by atoms with Gasteiger partial charge in [0.15, 0.2) is 11.4 Å². The van der Waals surface area contributed by atoms with Crippen molar-refractivity contribution < 1.29 is 22.7 Å². The summed E-state index contributed by atoms with van der Waals surface area (Å²) >= 11 is 0. The van der Waals surface area contributed by atoms with Crippen molar-refractivity contribution in [1.29, 1.82) is 10.5 Å². The molecule has 0 fully saturated rings. The Hall–Kier alpha value is -2.55. The van der Waals surface area contributed by atoms with Gasteiger partial charge in [0, 0.05) is 0 Å². The van der Waals surface area contributed by atoms with Gasteiger partial charge >= 0.3 is 12.3 Å². The quantitative estimate of drug-likeness (QED) is 0.719. The molecule has 0 spiro atoms. The first-order chi connectivity index (χ1) is 7.37. The van der Waals surface area contributed by atoms with Crippen LogP contribution in [0.15, 0.2) is 0 Å². The van der Waals surface area contributed by atoms with Gasteiger partial charge in [0.25, 0.3) is 0 Å². The SMILES string of the molecule is N#Cc1nc(C(=O)OC(F)(F)F)[nH]c1C#N. The molecule has 16 heavy (non-hydrogen) atoms. The predicted molar refractivity (Wildman–Crippen MR) is 39.5 cm³/mol. The summed E-state index contributed by atoms with van der Waals surface area (Å²) in [7, 11) is 0. The number of hydrogen-bond acceptors (Lipinski definition) is 5. The Balaban J connectivity index is 3.00. The van der Waals surface area contributed by atoms with Crippen LogP contribution in [0, 0.1) is 22.7 Å². The lowest BCUT2D eigenvalue weighted by Gasteiger charge is -2.04. The molecule has 0 unspecified atom stereocenters. The molecule has 0 aliphatic carbocycles. The number of nitrogens with one attached hydrogen (secondary N) is 1. The molecule has 6 nitrogen and oxygen atoms in total. The number of nitrogens with zero attached hydrogens (tertiary/aromatic N) is 3. The van der Waals surface area contributed by atoms with Crippen LogP contribution in [0.4, 0.5) is 13.2 Å². The number of H-pyrrole nitrogens is 1. The molecule has 0 aliphatic heterocycles. The van der Waals surface area contributed by atoms with Crippen molar-refractivity contribution in [1.82, 2.24) is 9.97 Å². The standard InChI is InChI=1S/C7HF3N4O2/c8-7(9,10)16-6(15)5-13-3(1-11)4(2-12)14-5/h(H,13,14). The van der Waals surface area contributed by atoms with Crippen molar-refractivity contribution in [2.75, 3.05) is 0 Å². The van der Waals surface area contributed by atoms with Gasteiger partial charge in [-0.1, -0.05) is 0 Å². The first kappa shape index (κ1) is 11.5. The zero-order valence-electron chi connectivity index (χ0n) is 7.29. The summed E-state index contributed by atoms with van der Waals surface area (Å²) in [6.45, 7) is 0. The molecule has 0 amide bonds. The first-order valence-corrected chi connectivity index (χ1v) is 3.57. The molecule has 0 atom stereocenters. The van der Waals surface area contributed by atoms with Gasteiger partial charge in [-0.2, -0.15) is 10.5 Å². The number of alkyl halides is 3. The van der Waals surface area contributed by atoms with Gasteiger partial charge < -0.3 is 9.72 Å². The molecule has 0 bridgehead atoms. The summed E-state index contributed by atoms with van der Waals surface area (Å²) in [6, 6.07) is 2.89. The molecule has 0 radical (unpaired) electrons. The van der Waals surface area contributed by atoms with Gasteiger partial charge in [-0.3, -0.25) is 0 Å². The molecule has 9 heteroatoms. The minimum absolute atomic E-state index is 0.406. The van der Waals surface area contributed by atoms with Crippen LogP contribution in [0.2, 0.25) is 0 Å². The number of rotatable bonds is 1. The molecule has 82 valence electrons. The summed E-state index contributed by atoms with van der Waals surface area (Å²) in [6.07, 6.45) is -5.15. The van der Waals surface area contributed by atoms with Crippen molar-refractivity contribution in [2.24, 2.45) is 0 Å². The number of halogens is 3. The predicted octanol–water partition coefficient (Wildman–Crippen LogP) is 0.830. The molecule has 0 saturated heterocycles. The number of nitriles is 2. The highest BCUT2D eigenvalue weighted by Gasteiger charge is 2.35. The third-order valence-electron chi connectivity index (χ3n) is 1.32. The highest BCUT2D eigenvalue weighted by Crippen LogP contribution is 2.18. The zero-order chi connectivity index (χ0) is 12.3. The average Bonchev–Trinajstić information content (AvgIpc) is 2.57. The molecule has 1 N–H and O–H groups in total. The van der Waals surface area contributed by atoms with E-state index in [1.54, 1.807) is 0 Å². The topological polar surface area (TPSA) is 103 Å². The number of carbonyl (C=O) groups excluding carboxylic acids is 1. The van der Waals surface area contributed by atoms with E-state index in [0.29, 0.717) is 0 Å². The second-order valence-corrected chi connectivity index (χ2v) is 2.37. The van der Waals surface area contributed by atoms with Crippen LogP contribution in [-0.2, 0) is 4.74 Å². The summed E-state index contributed by atoms with van der Waals surface area (Å²) in [5.41, 5.74) is -0.881. The van der Waals surface area contributed by atoms with Crippen LogP contribution < -0.4 is 0 Å². The highest BCUT2D eigenvalue weighted by molar-refractivity contribution is 5.85. The van der Waals surface area contributed by atoms with Gasteiger partial charge in [-0.25, -0.2) is 9.78 Å². The lowest BCUT2D eigenvalue weighted by Crippen LogP contribution is -2.20. The minimum Gasteiger partial charge on any atom is -0.367 e. The molecule has 1 aromatic rings. The van der Waals surface area contributed by atoms with Crippen molar-refractivity contribution in [2.45, 2.75) is 6.36 Å². The minimum atomic E-state index is -5.15. The normalized spacial score (nSPS) is 10.3. The number of hydrogen-bond donors (Lipinski definition) is 1. The molecular weight excluding hydrogens is 229 g/mol. The number of imidazole rings is 1. The fourth-order valence-electron chi connectivity index (χ4n) is 0.785. The smallest absolute Gasteiger partial charge is 0.367 e. The van der Waals surface area contributed by atoms with Crippen LogP contribution in [0.3, 0.4) is 0 Å². The van der Waals surface area contributed by atoms with Crippen molar-refractivity contribution in [3.05, 3.63) is 17.2 Å². The third-order valence-corrected chi connectivity index (χ3v) is 1.32. The monoisotopic (exact) mass is 230 g/mol. The number of carbonyl (C=O) groups is 1. The third kappa shape index (κ3) is 2.48. The maximum Gasteiger partial charge on any atom is 0.575 e. The Labute approximate surface area is 85.9 Å². The van der Waals surface area contributed by atoms with Gasteiger partial charge in [0.1, 0.15) is 12.1 Å². The van der Waals surface area contributed by atoms with E-state index in [4.69, 9.17) is 10.5 Å². The Morgan fingerprint density at radius 2 is 2.00 bits per heavy atom. The number of aromatic nitrogens is 2. The lowest BCUT2D eigenvalue weighted by atomic mass is 10.4. The fourth-order valence-corrected chi connectivity index (χ4v) is 0.785. The van der Waals surface area contributed by atoms with E-state index in [0.717, 1.165) is 0 Å². The van der Waals surface area contributed by atoms with Crippen molar-refractivity contribution >= 4 is 5.97 Å². The number of esters is 1. The van der Waals surface area contributed by atoms with Gasteiger partial charge in [0.05, 0.1) is 0 Å². The maximum absolute atomic E-state index is 11.6. The van der Waals surface area contributed by atoms with E-state index < -0.39 is 29.5 Å². The van der Waals surface area contributed by atoms with E-state index in [9.17, 15) is 18.0 Å². The van der Waals surface area contributed by atoms with Crippen LogP contribution in [0.5, 0.6) is 0 Å². The first-order valence-electron chi connectivity index (χ1n) is 3.57. The summed E-state index contributed by atoms with van der Waals surface area (Å²) < 4.78 is 38.0. The van der Waals surface area contributed by atoms with Crippen molar-refractivity contribution in [3.63, 3.8) is 0 Å². The fraction of sp³-hybridized carbons (Fsp3) is 0.143. The van der Waals surface area contributed by atoms with Gasteiger partial charge in [-0.05, 0) is 0 Å². The molecule has 1 rings (SSSR count). The Bertz CT molecular complexity index is 474. The zero-order valence-corrected chi connectivity index (χ0v) is 7.29. The average molecular weight is 230 g/mol. The molecule has 0 aromatic carbocycles. The van der Waals surface area contributed by atoms with E-state index in [2.05, 4.69) is 9.72 Å². The largest absolute Gasteiger partial charge is 0.575 e. The second-order valence-electron chi connectivity index (χ2n) is 2.37. The molecule has 1 aromatic heterocycles. The van der Waals surface area contributed by atoms with E-state index >= 15 is 0 Å². The highest BCUT2D eigenvalue weighted by atomic mass is 19.4. The van der Waals surface area contributed by atoms with E-state index in [1.165, 1.54) is 12.1 Å². The molecular formula is C7HF3N4O2. The molecule has 0 aliphatic rings. The van der Waals surface area contributed by atoms with Crippen molar-refractivity contribution in [3.8, 4) is 12.1 Å². The van der Waals surface area contributed by atoms with Crippen LogP contribution in [-0.4, -0.2) is 22.3 Å². The Morgan fingerprint density at radius 3 is 2.38 bits per heavy atom. The maximum atomic E-state index is 11.6. The van der Waals surface area contributed by atoms with Gasteiger partial charge in [0.2, 0.25) is 5.82 Å². The Morgan fingerprint density at radius 1 is 1.38 bits per heavy atom. The van der Waals surface area contributed by atoms with Gasteiger partial charge in [-0.15, -0.1) is 13.2 Å². The number of aromatic amines is 1. The van der Waals surface area contributed by atoms with Crippen LogP contribution in [0.25, 0.3) is 0 Å². The van der Waals surface area contributed by atoms with Crippen LogP contribution >= 0.6 is 0 Å².